The molecule has 4 heteroatoms. The Hall–Kier alpha value is -1.81. The molecule has 1 aromatic heterocycles. The van der Waals surface area contributed by atoms with Gasteiger partial charge in [-0.05, 0) is 38.1 Å². The number of fused-ring (bicyclic) bond motifs is 1. The zero-order chi connectivity index (χ0) is 13.4. The third kappa shape index (κ3) is 2.36. The number of ether oxygens (including phenoxy) is 1. The summed E-state index contributed by atoms with van der Waals surface area (Å²) in [5.41, 5.74) is 0.701. The number of hydrogen-bond acceptors (Lipinski definition) is 4. The number of ketones is 1. The Kier molecular flexibility index (Phi) is 3.03. The van der Waals surface area contributed by atoms with E-state index in [1.165, 1.54) is 6.92 Å². The number of rotatable bonds is 4. The van der Waals surface area contributed by atoms with Crippen LogP contribution in [0.25, 0.3) is 11.0 Å². The first kappa shape index (κ1) is 12.2. The Balaban J connectivity index is 1.76. The van der Waals surface area contributed by atoms with Crippen molar-refractivity contribution >= 4 is 16.8 Å². The Bertz CT molecular complexity index is 611. The number of hydrogen-bond donors (Lipinski definition) is 1. The van der Waals surface area contributed by atoms with E-state index < -0.39 is 0 Å². The standard InChI is InChI=1S/C15H17NO3/c1-9(17)14-5-10-3-4-12(8-15(10)19-14)18-13-6-11(7-13)16-2/h3-5,8,11,13,16H,6-7H2,1-2H3/t11-,13+. The van der Waals surface area contributed by atoms with Gasteiger partial charge in [0, 0.05) is 24.4 Å². The molecule has 0 radical (unpaired) electrons. The minimum atomic E-state index is -0.0606. The first-order valence-electron chi connectivity index (χ1n) is 6.54. The highest BCUT2D eigenvalue weighted by molar-refractivity contribution is 5.96. The lowest BCUT2D eigenvalue weighted by atomic mass is 9.89. The quantitative estimate of drug-likeness (QED) is 0.858. The molecule has 0 unspecified atom stereocenters. The van der Waals surface area contributed by atoms with E-state index in [-0.39, 0.29) is 11.9 Å². The number of carbonyl (C=O) groups is 1. The summed E-state index contributed by atoms with van der Waals surface area (Å²) >= 11 is 0. The fraction of sp³-hybridized carbons (Fsp3) is 0.400. The topological polar surface area (TPSA) is 51.5 Å². The predicted molar refractivity (Wildman–Crippen MR) is 72.7 cm³/mol. The van der Waals surface area contributed by atoms with E-state index in [0.717, 1.165) is 24.0 Å². The number of Topliss-reactive ketones (excluding diaryl/α,β-unsaturated/α-hetero) is 1. The lowest BCUT2D eigenvalue weighted by Crippen LogP contribution is -2.45. The summed E-state index contributed by atoms with van der Waals surface area (Å²) in [6.07, 6.45) is 2.34. The average Bonchev–Trinajstić information content (AvgIpc) is 2.76. The van der Waals surface area contributed by atoms with Crippen molar-refractivity contribution in [3.8, 4) is 5.75 Å². The van der Waals surface area contributed by atoms with Crippen molar-refractivity contribution in [2.45, 2.75) is 31.9 Å². The zero-order valence-electron chi connectivity index (χ0n) is 11.1. The molecule has 1 saturated carbocycles. The summed E-state index contributed by atoms with van der Waals surface area (Å²) in [4.78, 5) is 11.3. The van der Waals surface area contributed by atoms with Gasteiger partial charge in [0.15, 0.2) is 11.5 Å². The van der Waals surface area contributed by atoms with Crippen LogP contribution in [-0.4, -0.2) is 25.0 Å². The number of carbonyl (C=O) groups excluding carboxylic acids is 1. The third-order valence-corrected chi connectivity index (χ3v) is 3.64. The maximum atomic E-state index is 11.3. The maximum Gasteiger partial charge on any atom is 0.194 e. The summed E-state index contributed by atoms with van der Waals surface area (Å²) in [5.74, 6) is 1.14. The van der Waals surface area contributed by atoms with Crippen LogP contribution in [0.5, 0.6) is 5.75 Å². The maximum absolute atomic E-state index is 11.3. The molecule has 19 heavy (non-hydrogen) atoms. The first-order chi connectivity index (χ1) is 9.15. The summed E-state index contributed by atoms with van der Waals surface area (Å²) in [5, 5.41) is 4.16. The molecule has 0 aliphatic heterocycles. The van der Waals surface area contributed by atoms with Crippen molar-refractivity contribution in [2.24, 2.45) is 0 Å². The molecule has 2 aromatic rings. The molecule has 100 valence electrons. The van der Waals surface area contributed by atoms with Crippen LogP contribution in [0.1, 0.15) is 30.3 Å². The van der Waals surface area contributed by atoms with Gasteiger partial charge >= 0.3 is 0 Å². The van der Waals surface area contributed by atoms with E-state index in [4.69, 9.17) is 9.15 Å². The molecule has 1 aliphatic rings. The average molecular weight is 259 g/mol. The second-order valence-corrected chi connectivity index (χ2v) is 5.06. The SMILES string of the molecule is CN[C@H]1C[C@@H](Oc2ccc3cc(C(C)=O)oc3c2)C1. The van der Waals surface area contributed by atoms with Gasteiger partial charge in [0.1, 0.15) is 17.4 Å². The van der Waals surface area contributed by atoms with Crippen molar-refractivity contribution in [3.05, 3.63) is 30.0 Å². The van der Waals surface area contributed by atoms with Gasteiger partial charge in [-0.1, -0.05) is 0 Å². The summed E-state index contributed by atoms with van der Waals surface area (Å²) in [6, 6.07) is 8.04. The van der Waals surface area contributed by atoms with Crippen molar-refractivity contribution in [1.29, 1.82) is 0 Å². The Labute approximate surface area is 111 Å². The summed E-state index contributed by atoms with van der Waals surface area (Å²) < 4.78 is 11.4. The van der Waals surface area contributed by atoms with E-state index in [0.29, 0.717) is 17.4 Å². The van der Waals surface area contributed by atoms with Gasteiger partial charge in [-0.15, -0.1) is 0 Å². The van der Waals surface area contributed by atoms with Gasteiger partial charge < -0.3 is 14.5 Å². The Morgan fingerprint density at radius 2 is 2.16 bits per heavy atom. The molecular formula is C15H17NO3. The fourth-order valence-electron chi connectivity index (χ4n) is 2.35. The monoisotopic (exact) mass is 259 g/mol. The van der Waals surface area contributed by atoms with Gasteiger partial charge in [-0.25, -0.2) is 0 Å². The molecule has 0 amide bonds. The molecule has 1 N–H and O–H groups in total. The molecule has 0 atom stereocenters. The normalized spacial score (nSPS) is 22.2. The van der Waals surface area contributed by atoms with Crippen LogP contribution < -0.4 is 10.1 Å². The first-order valence-corrected chi connectivity index (χ1v) is 6.54. The van der Waals surface area contributed by atoms with Gasteiger partial charge in [-0.3, -0.25) is 4.79 Å². The van der Waals surface area contributed by atoms with Crippen molar-refractivity contribution < 1.29 is 13.9 Å². The minimum absolute atomic E-state index is 0.0606. The molecule has 3 rings (SSSR count). The number of furan rings is 1. The van der Waals surface area contributed by atoms with Crippen LogP contribution in [0.15, 0.2) is 28.7 Å². The van der Waals surface area contributed by atoms with Crippen LogP contribution in [0.2, 0.25) is 0 Å². The summed E-state index contributed by atoms with van der Waals surface area (Å²) in [6.45, 7) is 1.50. The minimum Gasteiger partial charge on any atom is -0.490 e. The number of nitrogens with one attached hydrogen (secondary N) is 1. The molecule has 0 saturated heterocycles. The van der Waals surface area contributed by atoms with Gasteiger partial charge in [-0.2, -0.15) is 0 Å². The van der Waals surface area contributed by atoms with Gasteiger partial charge in [0.05, 0.1) is 0 Å². The van der Waals surface area contributed by atoms with E-state index in [1.807, 2.05) is 25.2 Å². The van der Waals surface area contributed by atoms with Crippen LogP contribution in [0, 0.1) is 0 Å². The fourth-order valence-corrected chi connectivity index (χ4v) is 2.35. The molecule has 1 aromatic carbocycles. The van der Waals surface area contributed by atoms with Crippen molar-refractivity contribution in [3.63, 3.8) is 0 Å². The Morgan fingerprint density at radius 1 is 1.37 bits per heavy atom. The van der Waals surface area contributed by atoms with Gasteiger partial charge in [0.25, 0.3) is 0 Å². The molecule has 1 heterocycles. The van der Waals surface area contributed by atoms with Crippen LogP contribution in [0.3, 0.4) is 0 Å². The lowest BCUT2D eigenvalue weighted by molar-refractivity contribution is 0.0885. The smallest absolute Gasteiger partial charge is 0.194 e. The van der Waals surface area contributed by atoms with Crippen LogP contribution in [0.4, 0.5) is 0 Å². The van der Waals surface area contributed by atoms with Crippen molar-refractivity contribution in [1.82, 2.24) is 5.32 Å². The second kappa shape index (κ2) is 4.70. The van der Waals surface area contributed by atoms with E-state index in [1.54, 1.807) is 6.07 Å². The van der Waals surface area contributed by atoms with E-state index in [9.17, 15) is 4.79 Å². The highest BCUT2D eigenvalue weighted by Gasteiger charge is 2.29. The highest BCUT2D eigenvalue weighted by atomic mass is 16.5. The third-order valence-electron chi connectivity index (χ3n) is 3.64. The molecule has 4 nitrogen and oxygen atoms in total. The lowest BCUT2D eigenvalue weighted by Gasteiger charge is -2.35. The molecule has 0 spiro atoms. The molecular weight excluding hydrogens is 242 g/mol. The highest BCUT2D eigenvalue weighted by Crippen LogP contribution is 2.29. The molecule has 1 aliphatic carbocycles. The van der Waals surface area contributed by atoms with Crippen LogP contribution >= 0.6 is 0 Å². The van der Waals surface area contributed by atoms with Crippen molar-refractivity contribution in [2.75, 3.05) is 7.05 Å². The van der Waals surface area contributed by atoms with E-state index >= 15 is 0 Å². The Morgan fingerprint density at radius 3 is 2.84 bits per heavy atom. The largest absolute Gasteiger partial charge is 0.490 e. The molecule has 1 fully saturated rings. The zero-order valence-corrected chi connectivity index (χ0v) is 11.1. The second-order valence-electron chi connectivity index (χ2n) is 5.06. The predicted octanol–water partition coefficient (Wildman–Crippen LogP) is 2.76. The van der Waals surface area contributed by atoms with E-state index in [2.05, 4.69) is 5.32 Å². The van der Waals surface area contributed by atoms with Gasteiger partial charge in [0.2, 0.25) is 0 Å². The number of benzene rings is 1. The van der Waals surface area contributed by atoms with Crippen LogP contribution in [-0.2, 0) is 0 Å². The summed E-state index contributed by atoms with van der Waals surface area (Å²) in [7, 11) is 1.97. The molecule has 0 bridgehead atoms.